The average Bonchev–Trinajstić information content (AvgIpc) is 3.11. The summed E-state index contributed by atoms with van der Waals surface area (Å²) >= 11 is 0. The molecule has 0 heterocycles. The molecule has 1 N–H and O–H groups in total. The van der Waals surface area contributed by atoms with E-state index in [1.807, 2.05) is 7.11 Å². The van der Waals surface area contributed by atoms with E-state index in [-0.39, 0.29) is 17.6 Å². The molecule has 10 atom stereocenters. The van der Waals surface area contributed by atoms with E-state index in [0.717, 1.165) is 54.8 Å². The van der Waals surface area contributed by atoms with Gasteiger partial charge in [0.25, 0.3) is 0 Å². The fourth-order valence-corrected chi connectivity index (χ4v) is 9.49. The third kappa shape index (κ3) is 4.04. The molecular weight excluding hydrogens is 392 g/mol. The number of ether oxygens (including phenoxy) is 1. The molecule has 0 aromatic heterocycles. The molecule has 0 amide bonds. The van der Waals surface area contributed by atoms with Gasteiger partial charge in [-0.25, -0.2) is 0 Å². The molecule has 0 aromatic rings. The molecule has 0 spiro atoms. The number of aliphatic hydroxyl groups excluding tert-OH is 1. The molecule has 3 saturated carbocycles. The summed E-state index contributed by atoms with van der Waals surface area (Å²) in [5.74, 6) is 5.62. The van der Waals surface area contributed by atoms with Crippen LogP contribution in [0.5, 0.6) is 0 Å². The summed E-state index contributed by atoms with van der Waals surface area (Å²) in [6, 6.07) is 0. The van der Waals surface area contributed by atoms with Crippen LogP contribution in [0.1, 0.15) is 106 Å². The van der Waals surface area contributed by atoms with Crippen molar-refractivity contribution in [3.63, 3.8) is 0 Å². The maximum absolute atomic E-state index is 10.4. The number of rotatable bonds is 7. The van der Waals surface area contributed by atoms with E-state index in [4.69, 9.17) is 4.74 Å². The summed E-state index contributed by atoms with van der Waals surface area (Å²) < 4.78 is 6.20. The van der Waals surface area contributed by atoms with Crippen LogP contribution in [-0.4, -0.2) is 24.4 Å². The van der Waals surface area contributed by atoms with Crippen molar-refractivity contribution < 1.29 is 9.84 Å². The van der Waals surface area contributed by atoms with Crippen LogP contribution in [0.4, 0.5) is 0 Å². The van der Waals surface area contributed by atoms with Crippen LogP contribution >= 0.6 is 0 Å². The molecule has 0 aliphatic heterocycles. The van der Waals surface area contributed by atoms with Crippen LogP contribution in [0.15, 0.2) is 11.6 Å². The first kappa shape index (κ1) is 24.8. The van der Waals surface area contributed by atoms with Crippen molar-refractivity contribution in [1.29, 1.82) is 0 Å². The lowest BCUT2D eigenvalue weighted by Gasteiger charge is -2.60. The van der Waals surface area contributed by atoms with Gasteiger partial charge in [-0.2, -0.15) is 0 Å². The topological polar surface area (TPSA) is 29.5 Å². The maximum atomic E-state index is 10.4. The predicted molar refractivity (Wildman–Crippen MR) is 134 cm³/mol. The third-order valence-corrected chi connectivity index (χ3v) is 11.6. The molecule has 0 radical (unpaired) electrons. The monoisotopic (exact) mass is 444 g/mol. The summed E-state index contributed by atoms with van der Waals surface area (Å²) in [6.07, 6.45) is 15.3. The maximum Gasteiger partial charge on any atom is 0.0788 e. The zero-order valence-electron chi connectivity index (χ0n) is 22.2. The van der Waals surface area contributed by atoms with Crippen LogP contribution in [0.3, 0.4) is 0 Å². The molecule has 4 aliphatic rings. The largest absolute Gasteiger partial charge is 0.393 e. The van der Waals surface area contributed by atoms with Gasteiger partial charge >= 0.3 is 0 Å². The fraction of sp³-hybridized carbons (Fsp3) is 0.933. The first-order valence-electron chi connectivity index (χ1n) is 14.1. The summed E-state index contributed by atoms with van der Waals surface area (Å²) in [6.45, 7) is 15.0. The van der Waals surface area contributed by atoms with Gasteiger partial charge in [0, 0.05) is 7.11 Å². The van der Waals surface area contributed by atoms with Gasteiger partial charge in [-0.15, -0.1) is 0 Å². The lowest BCUT2D eigenvalue weighted by Crippen LogP contribution is -2.55. The number of hydrogen-bond donors (Lipinski definition) is 1. The normalized spacial score (nSPS) is 45.6. The van der Waals surface area contributed by atoms with Gasteiger partial charge in [0.05, 0.1) is 12.2 Å². The van der Waals surface area contributed by atoms with Gasteiger partial charge in [0.1, 0.15) is 0 Å². The van der Waals surface area contributed by atoms with E-state index in [1.165, 1.54) is 50.5 Å². The van der Waals surface area contributed by atoms with E-state index in [1.54, 1.807) is 0 Å². The SMILES string of the molecule is CC[C@@H](CC[C@@H](C)[C@H]1CC[C@H]2[C@@H]3[C@H](OC)C=C4C[C@@H](O)CC[C@]4(C)[C@H]3CC[C@]12C)C(C)C. The smallest absolute Gasteiger partial charge is 0.0788 e. The molecule has 32 heavy (non-hydrogen) atoms. The van der Waals surface area contributed by atoms with Crippen molar-refractivity contribution >= 4 is 0 Å². The van der Waals surface area contributed by atoms with Crippen molar-refractivity contribution in [2.75, 3.05) is 7.11 Å². The van der Waals surface area contributed by atoms with Gasteiger partial charge in [-0.3, -0.25) is 0 Å². The summed E-state index contributed by atoms with van der Waals surface area (Å²) in [5, 5.41) is 10.4. The van der Waals surface area contributed by atoms with Crippen molar-refractivity contribution in [1.82, 2.24) is 0 Å². The van der Waals surface area contributed by atoms with Crippen LogP contribution in [0.2, 0.25) is 0 Å². The Kier molecular flexibility index (Phi) is 7.25. The van der Waals surface area contributed by atoms with E-state index in [0.29, 0.717) is 11.3 Å². The van der Waals surface area contributed by atoms with Crippen molar-refractivity contribution in [2.45, 2.75) is 118 Å². The van der Waals surface area contributed by atoms with Crippen LogP contribution in [-0.2, 0) is 4.74 Å². The van der Waals surface area contributed by atoms with Crippen molar-refractivity contribution in [2.24, 2.45) is 52.3 Å². The Morgan fingerprint density at radius 3 is 2.44 bits per heavy atom. The molecule has 4 aliphatic carbocycles. The van der Waals surface area contributed by atoms with E-state index in [2.05, 4.69) is 47.6 Å². The number of fused-ring (bicyclic) bond motifs is 5. The van der Waals surface area contributed by atoms with E-state index < -0.39 is 0 Å². The second-order valence-corrected chi connectivity index (χ2v) is 13.2. The molecular formula is C30H52O2. The summed E-state index contributed by atoms with van der Waals surface area (Å²) in [7, 11) is 1.93. The number of hydrogen-bond acceptors (Lipinski definition) is 2. The second-order valence-electron chi connectivity index (χ2n) is 13.2. The highest BCUT2D eigenvalue weighted by atomic mass is 16.5. The Morgan fingerprint density at radius 1 is 1.03 bits per heavy atom. The minimum absolute atomic E-state index is 0.147. The quantitative estimate of drug-likeness (QED) is 0.409. The Bertz CT molecular complexity index is 682. The molecule has 2 heteroatoms. The molecule has 184 valence electrons. The summed E-state index contributed by atoms with van der Waals surface area (Å²) in [4.78, 5) is 0. The zero-order valence-corrected chi connectivity index (χ0v) is 22.2. The zero-order chi connectivity index (χ0) is 23.3. The first-order chi connectivity index (χ1) is 15.2. The lowest BCUT2D eigenvalue weighted by molar-refractivity contribution is -0.106. The van der Waals surface area contributed by atoms with Gasteiger partial charge in [-0.1, -0.05) is 66.0 Å². The standard InChI is InChI=1S/C30H52O2/c1-8-21(19(2)3)10-9-20(4)24-11-12-25-28-26(14-16-30(24,25)6)29(5)15-13-23(31)17-22(29)18-27(28)32-7/h18-21,23-28,31H,8-17H2,1-7H3/t20-,21+,23+,24-,25+,26+,27-,28+,29+,30-/m1/s1. The Hall–Kier alpha value is -0.340. The summed E-state index contributed by atoms with van der Waals surface area (Å²) in [5.41, 5.74) is 2.28. The molecule has 3 fully saturated rings. The van der Waals surface area contributed by atoms with Gasteiger partial charge in [-0.05, 0) is 104 Å². The highest BCUT2D eigenvalue weighted by Gasteiger charge is 2.61. The Labute approximate surface area is 199 Å². The lowest BCUT2D eigenvalue weighted by atomic mass is 9.46. The Morgan fingerprint density at radius 2 is 1.78 bits per heavy atom. The molecule has 2 nitrogen and oxygen atoms in total. The minimum Gasteiger partial charge on any atom is -0.393 e. The second kappa shape index (κ2) is 9.37. The third-order valence-electron chi connectivity index (χ3n) is 11.6. The van der Waals surface area contributed by atoms with Crippen molar-refractivity contribution in [3.05, 3.63) is 11.6 Å². The van der Waals surface area contributed by atoms with Crippen molar-refractivity contribution in [3.8, 4) is 0 Å². The van der Waals surface area contributed by atoms with Gasteiger partial charge in [0.15, 0.2) is 0 Å². The fourth-order valence-electron chi connectivity index (χ4n) is 9.49. The minimum atomic E-state index is -0.147. The first-order valence-corrected chi connectivity index (χ1v) is 14.1. The number of aliphatic hydroxyl groups is 1. The molecule has 0 unspecified atom stereocenters. The highest BCUT2D eigenvalue weighted by Crippen LogP contribution is 2.67. The highest BCUT2D eigenvalue weighted by molar-refractivity contribution is 5.28. The molecule has 4 rings (SSSR count). The van der Waals surface area contributed by atoms with E-state index >= 15 is 0 Å². The van der Waals surface area contributed by atoms with Crippen LogP contribution in [0.25, 0.3) is 0 Å². The molecule has 0 saturated heterocycles. The Balaban J connectivity index is 1.54. The molecule has 0 aromatic carbocycles. The molecule has 0 bridgehead atoms. The average molecular weight is 445 g/mol. The predicted octanol–water partition coefficient (Wildman–Crippen LogP) is 7.65. The van der Waals surface area contributed by atoms with Gasteiger partial charge < -0.3 is 9.84 Å². The van der Waals surface area contributed by atoms with Crippen LogP contribution in [0, 0.1) is 52.3 Å². The van der Waals surface area contributed by atoms with E-state index in [9.17, 15) is 5.11 Å². The van der Waals surface area contributed by atoms with Crippen LogP contribution < -0.4 is 0 Å². The number of methoxy groups -OCH3 is 1. The van der Waals surface area contributed by atoms with Gasteiger partial charge in [0.2, 0.25) is 0 Å².